The molecular formula is C25H32N2O. The van der Waals surface area contributed by atoms with Crippen molar-refractivity contribution in [3.8, 4) is 17.6 Å². The Balaban J connectivity index is 2.09. The van der Waals surface area contributed by atoms with Crippen molar-refractivity contribution in [2.24, 2.45) is 5.84 Å². The topological polar surface area (TPSA) is 38.5 Å². The molecule has 3 nitrogen and oxygen atoms in total. The molecule has 1 atom stereocenters. The summed E-state index contributed by atoms with van der Waals surface area (Å²) >= 11 is 0. The number of nitrogens with two attached hydrogens (primary N) is 1. The number of piperidine rings is 1. The smallest absolute Gasteiger partial charge is 0.122 e. The number of methoxy groups -OCH3 is 1. The minimum Gasteiger partial charge on any atom is -0.496 e. The molecule has 0 saturated carbocycles. The molecule has 0 amide bonds. The van der Waals surface area contributed by atoms with Gasteiger partial charge < -0.3 is 4.74 Å². The van der Waals surface area contributed by atoms with Crippen molar-refractivity contribution in [2.75, 3.05) is 13.7 Å². The van der Waals surface area contributed by atoms with Gasteiger partial charge in [0.15, 0.2) is 0 Å². The van der Waals surface area contributed by atoms with Crippen molar-refractivity contribution < 1.29 is 4.74 Å². The first-order valence-corrected chi connectivity index (χ1v) is 10.1. The van der Waals surface area contributed by atoms with Crippen molar-refractivity contribution in [3.63, 3.8) is 0 Å². The first-order chi connectivity index (χ1) is 13.4. The Kier molecular flexibility index (Phi) is 6.13. The molecule has 0 aliphatic carbocycles. The molecule has 2 aromatic carbocycles. The number of ether oxygens (including phenoxy) is 1. The van der Waals surface area contributed by atoms with Gasteiger partial charge in [-0.05, 0) is 69.2 Å². The lowest BCUT2D eigenvalue weighted by atomic mass is 9.75. The van der Waals surface area contributed by atoms with E-state index in [1.807, 2.05) is 6.92 Å². The van der Waals surface area contributed by atoms with Crippen LogP contribution in [-0.2, 0) is 17.4 Å². The van der Waals surface area contributed by atoms with Gasteiger partial charge in [0.25, 0.3) is 0 Å². The third-order valence-electron chi connectivity index (χ3n) is 6.02. The second kappa shape index (κ2) is 8.39. The summed E-state index contributed by atoms with van der Waals surface area (Å²) in [5.41, 5.74) is 3.25. The maximum Gasteiger partial charge on any atom is 0.122 e. The fraction of sp³-hybridized carbons (Fsp3) is 0.440. The second-order valence-electron chi connectivity index (χ2n) is 8.25. The van der Waals surface area contributed by atoms with Crippen LogP contribution in [0.4, 0.5) is 0 Å². The molecule has 0 bridgehead atoms. The molecule has 0 spiro atoms. The summed E-state index contributed by atoms with van der Waals surface area (Å²) in [4.78, 5) is 0. The van der Waals surface area contributed by atoms with E-state index in [0.717, 1.165) is 31.6 Å². The Hall–Kier alpha value is -2.28. The van der Waals surface area contributed by atoms with Crippen LogP contribution in [0.2, 0.25) is 0 Å². The summed E-state index contributed by atoms with van der Waals surface area (Å²) in [7, 11) is 1.74. The van der Waals surface area contributed by atoms with Gasteiger partial charge in [-0.25, -0.2) is 5.01 Å². The van der Waals surface area contributed by atoms with E-state index in [0.29, 0.717) is 0 Å². The summed E-state index contributed by atoms with van der Waals surface area (Å²) < 4.78 is 5.74. The predicted molar refractivity (Wildman–Crippen MR) is 116 cm³/mol. The van der Waals surface area contributed by atoms with Crippen LogP contribution in [0.5, 0.6) is 5.75 Å². The Labute approximate surface area is 169 Å². The average molecular weight is 377 g/mol. The van der Waals surface area contributed by atoms with Gasteiger partial charge in [-0.1, -0.05) is 48.4 Å². The van der Waals surface area contributed by atoms with E-state index in [9.17, 15) is 0 Å². The molecule has 1 heterocycles. The number of nitrogens with zero attached hydrogens (tertiary/aromatic N) is 1. The normalized spacial score (nSPS) is 20.3. The molecule has 2 aromatic rings. The van der Waals surface area contributed by atoms with E-state index >= 15 is 0 Å². The van der Waals surface area contributed by atoms with E-state index in [1.165, 1.54) is 23.1 Å². The Morgan fingerprint density at radius 2 is 1.89 bits per heavy atom. The molecule has 1 fully saturated rings. The maximum absolute atomic E-state index is 6.63. The Morgan fingerprint density at radius 3 is 2.54 bits per heavy atom. The van der Waals surface area contributed by atoms with Gasteiger partial charge in [-0.2, -0.15) is 0 Å². The number of hydrazine groups is 1. The van der Waals surface area contributed by atoms with Crippen LogP contribution >= 0.6 is 0 Å². The highest BCUT2D eigenvalue weighted by Gasteiger charge is 2.40. The largest absolute Gasteiger partial charge is 0.496 e. The number of rotatable bonds is 5. The van der Waals surface area contributed by atoms with Crippen molar-refractivity contribution in [3.05, 3.63) is 65.2 Å². The highest BCUT2D eigenvalue weighted by Crippen LogP contribution is 2.41. The Bertz CT molecular complexity index is 863. The van der Waals surface area contributed by atoms with E-state index in [4.69, 9.17) is 10.6 Å². The number of hydrogen-bond acceptors (Lipinski definition) is 3. The van der Waals surface area contributed by atoms with Crippen LogP contribution in [-0.4, -0.2) is 18.7 Å². The monoisotopic (exact) mass is 376 g/mol. The summed E-state index contributed by atoms with van der Waals surface area (Å²) in [5, 5.41) is 2.05. The standard InChI is InChI=1S/C25H32N2O/c1-5-15-24(2,3)22-13-14-23(28-4)20(18-22)19-25(16-9-10-17-27(25)26)21-11-7-6-8-12-21/h6-8,11-14,18H,9-10,16-17,19,26H2,1-4H3. The van der Waals surface area contributed by atoms with Crippen LogP contribution in [0.25, 0.3) is 0 Å². The zero-order chi connectivity index (χ0) is 20.2. The molecule has 1 aliphatic heterocycles. The maximum atomic E-state index is 6.63. The molecule has 2 N–H and O–H groups in total. The fourth-order valence-corrected chi connectivity index (χ4v) is 4.41. The minimum atomic E-state index is -0.216. The molecule has 148 valence electrons. The molecular weight excluding hydrogens is 344 g/mol. The lowest BCUT2D eigenvalue weighted by Crippen LogP contribution is -2.54. The molecule has 1 saturated heterocycles. The first kappa shape index (κ1) is 20.5. The molecule has 0 radical (unpaired) electrons. The van der Waals surface area contributed by atoms with Gasteiger partial charge in [0, 0.05) is 6.54 Å². The van der Waals surface area contributed by atoms with Crippen LogP contribution in [0.3, 0.4) is 0 Å². The minimum absolute atomic E-state index is 0.204. The third kappa shape index (κ3) is 3.94. The average Bonchev–Trinajstić information content (AvgIpc) is 2.70. The van der Waals surface area contributed by atoms with E-state index in [-0.39, 0.29) is 11.0 Å². The van der Waals surface area contributed by atoms with Crippen LogP contribution < -0.4 is 10.6 Å². The highest BCUT2D eigenvalue weighted by molar-refractivity contribution is 5.45. The van der Waals surface area contributed by atoms with Gasteiger partial charge in [-0.15, -0.1) is 5.92 Å². The third-order valence-corrected chi connectivity index (χ3v) is 6.02. The predicted octanol–water partition coefficient (Wildman–Crippen LogP) is 4.79. The van der Waals surface area contributed by atoms with Gasteiger partial charge in [0.05, 0.1) is 18.1 Å². The molecule has 1 aliphatic rings. The van der Waals surface area contributed by atoms with Gasteiger partial charge in [0.2, 0.25) is 0 Å². The summed E-state index contributed by atoms with van der Waals surface area (Å²) in [6, 6.07) is 17.1. The van der Waals surface area contributed by atoms with E-state index < -0.39 is 0 Å². The zero-order valence-electron chi connectivity index (χ0n) is 17.6. The van der Waals surface area contributed by atoms with E-state index in [2.05, 4.69) is 79.2 Å². The van der Waals surface area contributed by atoms with Crippen LogP contribution in [0, 0.1) is 11.8 Å². The second-order valence-corrected chi connectivity index (χ2v) is 8.25. The quantitative estimate of drug-likeness (QED) is 0.602. The Morgan fingerprint density at radius 1 is 1.14 bits per heavy atom. The van der Waals surface area contributed by atoms with Crippen molar-refractivity contribution in [2.45, 2.75) is 57.4 Å². The SMILES string of the molecule is CC#CC(C)(C)c1ccc(OC)c(CC2(c3ccccc3)CCCCN2N)c1. The van der Waals surface area contributed by atoms with Crippen LogP contribution in [0.15, 0.2) is 48.5 Å². The van der Waals surface area contributed by atoms with E-state index in [1.54, 1.807) is 7.11 Å². The molecule has 0 aromatic heterocycles. The number of benzene rings is 2. The summed E-state index contributed by atoms with van der Waals surface area (Å²) in [6.07, 6.45) is 4.18. The van der Waals surface area contributed by atoms with Gasteiger partial charge >= 0.3 is 0 Å². The molecule has 1 unspecified atom stereocenters. The zero-order valence-corrected chi connectivity index (χ0v) is 17.6. The lowest BCUT2D eigenvalue weighted by molar-refractivity contribution is 0.0420. The molecule has 3 rings (SSSR count). The molecule has 28 heavy (non-hydrogen) atoms. The fourth-order valence-electron chi connectivity index (χ4n) is 4.41. The van der Waals surface area contributed by atoms with Crippen molar-refractivity contribution >= 4 is 0 Å². The van der Waals surface area contributed by atoms with Crippen LogP contribution in [0.1, 0.15) is 56.7 Å². The van der Waals surface area contributed by atoms with Crippen molar-refractivity contribution in [1.29, 1.82) is 0 Å². The molecule has 3 heteroatoms. The summed E-state index contributed by atoms with van der Waals surface area (Å²) in [6.45, 7) is 7.13. The first-order valence-electron chi connectivity index (χ1n) is 10.1. The summed E-state index contributed by atoms with van der Waals surface area (Å²) in [5.74, 6) is 13.9. The van der Waals surface area contributed by atoms with Gasteiger partial charge in [-0.3, -0.25) is 5.84 Å². The highest BCUT2D eigenvalue weighted by atomic mass is 16.5. The lowest BCUT2D eigenvalue weighted by Gasteiger charge is -2.45. The van der Waals surface area contributed by atoms with Crippen molar-refractivity contribution in [1.82, 2.24) is 5.01 Å². The number of hydrogen-bond donors (Lipinski definition) is 1. The van der Waals surface area contributed by atoms with Gasteiger partial charge in [0.1, 0.15) is 5.75 Å².